The fourth-order valence-corrected chi connectivity index (χ4v) is 7.30. The van der Waals surface area contributed by atoms with Crippen LogP contribution in [-0.4, -0.2) is 43.8 Å². The zero-order valence-electron chi connectivity index (χ0n) is 25.9. The summed E-state index contributed by atoms with van der Waals surface area (Å²) in [6.07, 6.45) is 4.23. The molecule has 1 atom stereocenters. The highest BCUT2D eigenvalue weighted by molar-refractivity contribution is 7.92. The molecule has 0 radical (unpaired) electrons. The van der Waals surface area contributed by atoms with Crippen molar-refractivity contribution in [2.24, 2.45) is 0 Å². The van der Waals surface area contributed by atoms with Gasteiger partial charge in [-0.25, -0.2) is 8.42 Å². The molecule has 234 valence electrons. The zero-order valence-corrected chi connectivity index (χ0v) is 26.7. The van der Waals surface area contributed by atoms with Crippen LogP contribution in [0.4, 0.5) is 5.69 Å². The highest BCUT2D eigenvalue weighted by atomic mass is 32.2. The maximum absolute atomic E-state index is 14.6. The third kappa shape index (κ3) is 8.19. The van der Waals surface area contributed by atoms with E-state index in [4.69, 9.17) is 0 Å². The van der Waals surface area contributed by atoms with Crippen LogP contribution in [-0.2, 0) is 32.6 Å². The third-order valence-electron chi connectivity index (χ3n) is 8.34. The van der Waals surface area contributed by atoms with Crippen molar-refractivity contribution in [1.29, 1.82) is 0 Å². The first-order chi connectivity index (χ1) is 21.7. The van der Waals surface area contributed by atoms with Gasteiger partial charge in [0.15, 0.2) is 0 Å². The lowest BCUT2D eigenvalue weighted by Gasteiger charge is -2.34. The Hall–Kier alpha value is -4.43. The lowest BCUT2D eigenvalue weighted by molar-refractivity contribution is -0.140. The highest BCUT2D eigenvalue weighted by Gasteiger charge is 2.35. The second kappa shape index (κ2) is 14.6. The van der Waals surface area contributed by atoms with Gasteiger partial charge in [0.05, 0.1) is 10.6 Å². The van der Waals surface area contributed by atoms with E-state index in [-0.39, 0.29) is 23.4 Å². The largest absolute Gasteiger partial charge is 0.352 e. The van der Waals surface area contributed by atoms with Gasteiger partial charge in [-0.2, -0.15) is 0 Å². The van der Waals surface area contributed by atoms with E-state index < -0.39 is 28.5 Å². The Labute approximate surface area is 266 Å². The lowest BCUT2D eigenvalue weighted by Crippen LogP contribution is -2.54. The first-order valence-electron chi connectivity index (χ1n) is 15.5. The first kappa shape index (κ1) is 32.0. The van der Waals surface area contributed by atoms with Gasteiger partial charge in [0.2, 0.25) is 11.8 Å². The van der Waals surface area contributed by atoms with Gasteiger partial charge in [-0.3, -0.25) is 13.9 Å². The van der Waals surface area contributed by atoms with Gasteiger partial charge in [0.25, 0.3) is 10.0 Å². The van der Waals surface area contributed by atoms with Crippen LogP contribution in [0, 0.1) is 13.8 Å². The van der Waals surface area contributed by atoms with Crippen LogP contribution in [0.15, 0.2) is 114 Å². The summed E-state index contributed by atoms with van der Waals surface area (Å²) in [5.41, 5.74) is 4.11. The minimum absolute atomic E-state index is 0.0643. The van der Waals surface area contributed by atoms with Crippen LogP contribution in [0.5, 0.6) is 0 Å². The lowest BCUT2D eigenvalue weighted by atomic mass is 10.0. The van der Waals surface area contributed by atoms with Crippen LogP contribution in [0.2, 0.25) is 0 Å². The number of nitrogens with zero attached hydrogens (tertiary/aromatic N) is 2. The Bertz CT molecular complexity index is 1690. The number of benzene rings is 4. The predicted molar refractivity (Wildman–Crippen MR) is 178 cm³/mol. The molecule has 0 aliphatic heterocycles. The first-order valence-corrected chi connectivity index (χ1v) is 17.0. The summed E-state index contributed by atoms with van der Waals surface area (Å²) in [4.78, 5) is 30.3. The number of amides is 2. The quantitative estimate of drug-likeness (QED) is 0.204. The second-order valence-corrected chi connectivity index (χ2v) is 13.7. The van der Waals surface area contributed by atoms with Crippen molar-refractivity contribution in [2.45, 2.75) is 69.5 Å². The van der Waals surface area contributed by atoms with E-state index in [9.17, 15) is 18.0 Å². The number of nitrogens with one attached hydrogen (secondary N) is 1. The van der Waals surface area contributed by atoms with Gasteiger partial charge in [-0.05, 0) is 62.1 Å². The van der Waals surface area contributed by atoms with Crippen molar-refractivity contribution in [1.82, 2.24) is 10.2 Å². The molecular formula is C37H41N3O4S. The third-order valence-corrected chi connectivity index (χ3v) is 10.1. The van der Waals surface area contributed by atoms with Crippen molar-refractivity contribution in [3.05, 3.63) is 131 Å². The van der Waals surface area contributed by atoms with Crippen molar-refractivity contribution >= 4 is 27.5 Å². The fraction of sp³-hybridized carbons (Fsp3) is 0.297. The smallest absolute Gasteiger partial charge is 0.264 e. The maximum Gasteiger partial charge on any atom is 0.264 e. The SMILES string of the molecule is Cc1ccc(S(=O)(=O)N(CC(=O)N(Cc2cccc(C)c2)C(Cc2ccccc2)C(=O)NC2CCCC2)c2ccccc2)cc1. The monoisotopic (exact) mass is 623 g/mol. The maximum atomic E-state index is 14.6. The molecule has 1 aliphatic carbocycles. The second-order valence-electron chi connectivity index (χ2n) is 11.9. The normalized spacial score (nSPS) is 14.1. The number of anilines is 1. The van der Waals surface area contributed by atoms with Crippen molar-refractivity contribution in [3.63, 3.8) is 0 Å². The minimum Gasteiger partial charge on any atom is -0.352 e. The molecule has 1 aliphatic rings. The average Bonchev–Trinajstić information content (AvgIpc) is 3.55. The zero-order chi connectivity index (χ0) is 31.8. The summed E-state index contributed by atoms with van der Waals surface area (Å²) < 4.78 is 29.4. The van der Waals surface area contributed by atoms with Crippen molar-refractivity contribution in [2.75, 3.05) is 10.8 Å². The summed E-state index contributed by atoms with van der Waals surface area (Å²) in [5, 5.41) is 3.21. The molecule has 4 aromatic carbocycles. The van der Waals surface area contributed by atoms with E-state index in [1.807, 2.05) is 68.4 Å². The number of hydrogen-bond donors (Lipinski definition) is 1. The number of sulfonamides is 1. The van der Waals surface area contributed by atoms with E-state index in [1.165, 1.54) is 0 Å². The molecule has 0 aromatic heterocycles. The molecule has 1 fully saturated rings. The molecule has 8 heteroatoms. The fourth-order valence-electron chi connectivity index (χ4n) is 5.89. The molecular weight excluding hydrogens is 582 g/mol. The molecule has 45 heavy (non-hydrogen) atoms. The molecule has 1 N–H and O–H groups in total. The Morgan fingerprint density at radius 3 is 2.04 bits per heavy atom. The number of para-hydroxylation sites is 1. The standard InChI is InChI=1S/C37H41N3O4S/c1-28-20-22-34(23-21-28)45(43,44)40(33-18-7-4-8-19-33)27-36(41)39(26-31-15-11-12-29(2)24-31)35(25-30-13-5-3-6-14-30)37(42)38-32-16-9-10-17-32/h3-8,11-15,18-24,32,35H,9-10,16-17,25-27H2,1-2H3,(H,38,42). The molecule has 0 saturated heterocycles. The molecule has 0 heterocycles. The van der Waals surface area contributed by atoms with E-state index in [0.717, 1.165) is 52.2 Å². The molecule has 5 rings (SSSR count). The molecule has 1 unspecified atom stereocenters. The van der Waals surface area contributed by atoms with Gasteiger partial charge in [0.1, 0.15) is 12.6 Å². The topological polar surface area (TPSA) is 86.8 Å². The van der Waals surface area contributed by atoms with Gasteiger partial charge in [0, 0.05) is 19.0 Å². The van der Waals surface area contributed by atoms with E-state index >= 15 is 0 Å². The summed E-state index contributed by atoms with van der Waals surface area (Å²) in [6.45, 7) is 3.56. The van der Waals surface area contributed by atoms with Gasteiger partial charge in [-0.15, -0.1) is 0 Å². The van der Waals surface area contributed by atoms with E-state index in [0.29, 0.717) is 12.1 Å². The minimum atomic E-state index is -4.12. The summed E-state index contributed by atoms with van der Waals surface area (Å²) in [7, 11) is -4.12. The van der Waals surface area contributed by atoms with Crippen LogP contribution in [0.1, 0.15) is 47.9 Å². The number of aryl methyl sites for hydroxylation is 2. The number of carbonyl (C=O) groups is 2. The van der Waals surface area contributed by atoms with Crippen LogP contribution >= 0.6 is 0 Å². The van der Waals surface area contributed by atoms with Crippen LogP contribution in [0.3, 0.4) is 0 Å². The van der Waals surface area contributed by atoms with Gasteiger partial charge >= 0.3 is 0 Å². The Balaban J connectivity index is 1.55. The summed E-state index contributed by atoms with van der Waals surface area (Å²) >= 11 is 0. The molecule has 0 bridgehead atoms. The molecule has 7 nitrogen and oxygen atoms in total. The van der Waals surface area contributed by atoms with Crippen molar-refractivity contribution < 1.29 is 18.0 Å². The predicted octanol–water partition coefficient (Wildman–Crippen LogP) is 6.20. The number of hydrogen-bond acceptors (Lipinski definition) is 4. The Morgan fingerprint density at radius 1 is 0.778 bits per heavy atom. The van der Waals surface area contributed by atoms with Crippen LogP contribution in [0.25, 0.3) is 0 Å². The van der Waals surface area contributed by atoms with E-state index in [2.05, 4.69) is 5.32 Å². The molecule has 1 saturated carbocycles. The van der Waals surface area contributed by atoms with Gasteiger partial charge in [-0.1, -0.05) is 109 Å². The highest BCUT2D eigenvalue weighted by Crippen LogP contribution is 2.26. The number of rotatable bonds is 12. The number of carbonyl (C=O) groups excluding carboxylic acids is 2. The van der Waals surface area contributed by atoms with Crippen molar-refractivity contribution in [3.8, 4) is 0 Å². The molecule has 0 spiro atoms. The summed E-state index contributed by atoms with van der Waals surface area (Å²) in [6, 6.07) is 31.9. The van der Waals surface area contributed by atoms with Crippen LogP contribution < -0.4 is 9.62 Å². The Kier molecular flexibility index (Phi) is 10.4. The molecule has 4 aromatic rings. The van der Waals surface area contributed by atoms with Gasteiger partial charge < -0.3 is 10.2 Å². The van der Waals surface area contributed by atoms with E-state index in [1.54, 1.807) is 59.5 Å². The average molecular weight is 624 g/mol. The molecule has 2 amide bonds. The summed E-state index contributed by atoms with van der Waals surface area (Å²) in [5.74, 6) is -0.682. The Morgan fingerprint density at radius 2 is 1.40 bits per heavy atom.